The van der Waals surface area contributed by atoms with Crippen LogP contribution in [0.15, 0.2) is 35.2 Å². The van der Waals surface area contributed by atoms with Crippen LogP contribution in [0.1, 0.15) is 205 Å². The van der Waals surface area contributed by atoms with Crippen LogP contribution in [-0.2, 0) is 23.0 Å². The van der Waals surface area contributed by atoms with Gasteiger partial charge in [-0.05, 0) is 59.7 Å². The second kappa shape index (κ2) is 26.6. The summed E-state index contributed by atoms with van der Waals surface area (Å²) in [6, 6.07) is 9.84. The molecule has 0 aliphatic rings. The van der Waals surface area contributed by atoms with Crippen LogP contribution in [0.3, 0.4) is 0 Å². The molecule has 0 aromatic heterocycles. The van der Waals surface area contributed by atoms with Crippen molar-refractivity contribution in [2.45, 2.75) is 211 Å². The predicted molar refractivity (Wildman–Crippen MR) is 202 cm³/mol. The van der Waals surface area contributed by atoms with Crippen molar-refractivity contribution in [2.24, 2.45) is 0 Å². The normalized spacial score (nSPS) is 12.0. The highest BCUT2D eigenvalue weighted by Gasteiger charge is 2.14. The quantitative estimate of drug-likeness (QED) is 0.0649. The molecule has 2 rings (SSSR count). The van der Waals surface area contributed by atoms with Crippen molar-refractivity contribution in [1.82, 2.24) is 0 Å². The molecule has 0 radical (unpaired) electrons. The molecule has 264 valence electrons. The zero-order valence-electron chi connectivity index (χ0n) is 30.3. The molecule has 0 aliphatic carbocycles. The van der Waals surface area contributed by atoms with E-state index in [1.807, 2.05) is 0 Å². The van der Waals surface area contributed by atoms with Crippen molar-refractivity contribution < 1.29 is 13.0 Å². The molecule has 0 aliphatic heterocycles. The molecule has 1 N–H and O–H groups in total. The van der Waals surface area contributed by atoms with Gasteiger partial charge in [0.1, 0.15) is 0 Å². The van der Waals surface area contributed by atoms with E-state index >= 15 is 0 Å². The van der Waals surface area contributed by atoms with Gasteiger partial charge in [-0.15, -0.1) is 0 Å². The number of aryl methyl sites for hydroxylation is 2. The zero-order chi connectivity index (χ0) is 33.1. The van der Waals surface area contributed by atoms with Crippen molar-refractivity contribution in [3.8, 4) is 0 Å². The maximum absolute atomic E-state index is 12.0. The minimum absolute atomic E-state index is 0.0279. The highest BCUT2D eigenvalue weighted by molar-refractivity contribution is 7.85. The maximum atomic E-state index is 12.0. The van der Waals surface area contributed by atoms with Crippen molar-refractivity contribution in [1.29, 1.82) is 0 Å². The van der Waals surface area contributed by atoms with Crippen LogP contribution >= 0.6 is 0 Å². The van der Waals surface area contributed by atoms with Crippen molar-refractivity contribution in [2.75, 3.05) is 0 Å². The first-order valence-electron chi connectivity index (χ1n) is 20.0. The first-order valence-corrected chi connectivity index (χ1v) is 21.4. The van der Waals surface area contributed by atoms with Gasteiger partial charge >= 0.3 is 0 Å². The molecular formula is C42H72O3S. The number of benzene rings is 2. The van der Waals surface area contributed by atoms with Crippen LogP contribution in [0.5, 0.6) is 0 Å². The van der Waals surface area contributed by atoms with E-state index in [9.17, 15) is 13.0 Å². The van der Waals surface area contributed by atoms with Crippen molar-refractivity contribution in [3.05, 3.63) is 41.5 Å². The molecule has 0 atom stereocenters. The van der Waals surface area contributed by atoms with Gasteiger partial charge in [0.2, 0.25) is 0 Å². The molecule has 0 unspecified atom stereocenters. The predicted octanol–water partition coefficient (Wildman–Crippen LogP) is 14.1. The van der Waals surface area contributed by atoms with Gasteiger partial charge in [-0.1, -0.05) is 199 Å². The molecule has 0 saturated heterocycles. The van der Waals surface area contributed by atoms with Crippen molar-refractivity contribution in [3.63, 3.8) is 0 Å². The number of hydrogen-bond donors (Lipinski definition) is 1. The van der Waals surface area contributed by atoms with Crippen LogP contribution in [0.4, 0.5) is 0 Å². The fourth-order valence-corrected chi connectivity index (χ4v) is 7.56. The Bertz CT molecular complexity index is 1120. The van der Waals surface area contributed by atoms with E-state index in [1.54, 1.807) is 12.1 Å². The van der Waals surface area contributed by atoms with Crippen LogP contribution in [0.2, 0.25) is 0 Å². The van der Waals surface area contributed by atoms with E-state index in [-0.39, 0.29) is 4.90 Å². The summed E-state index contributed by atoms with van der Waals surface area (Å²) in [6.45, 7) is 4.56. The van der Waals surface area contributed by atoms with Gasteiger partial charge in [-0.25, -0.2) is 0 Å². The molecule has 0 spiro atoms. The summed E-state index contributed by atoms with van der Waals surface area (Å²) in [5.41, 5.74) is 2.40. The molecular weight excluding hydrogens is 585 g/mol. The summed E-state index contributed by atoms with van der Waals surface area (Å²) in [5, 5.41) is 2.07. The highest BCUT2D eigenvalue weighted by atomic mass is 32.2. The maximum Gasteiger partial charge on any atom is 0.294 e. The van der Waals surface area contributed by atoms with Crippen LogP contribution < -0.4 is 0 Å². The summed E-state index contributed by atoms with van der Waals surface area (Å²) in [6.07, 6.45) is 39.8. The Morgan fingerprint density at radius 1 is 0.457 bits per heavy atom. The molecule has 2 aromatic carbocycles. The van der Waals surface area contributed by atoms with E-state index in [2.05, 4.69) is 32.0 Å². The van der Waals surface area contributed by atoms with E-state index in [1.165, 1.54) is 179 Å². The topological polar surface area (TPSA) is 54.4 Å². The van der Waals surface area contributed by atoms with E-state index in [0.717, 1.165) is 35.6 Å². The Balaban J connectivity index is 1.67. The third-order valence-corrected chi connectivity index (χ3v) is 10.8. The molecule has 3 nitrogen and oxygen atoms in total. The fraction of sp³-hybridized carbons (Fsp3) is 0.762. The van der Waals surface area contributed by atoms with E-state index in [4.69, 9.17) is 0 Å². The van der Waals surface area contributed by atoms with Gasteiger partial charge < -0.3 is 0 Å². The minimum atomic E-state index is -4.22. The molecule has 0 amide bonds. The number of unbranched alkanes of at least 4 members (excludes halogenated alkanes) is 26. The lowest BCUT2D eigenvalue weighted by Crippen LogP contribution is -2.01. The Hall–Kier alpha value is -1.39. The van der Waals surface area contributed by atoms with E-state index < -0.39 is 10.1 Å². The standard InChI is InChI=1S/C42H72O3S/c1-3-5-7-9-11-13-15-17-19-21-23-25-27-29-31-38-33-34-40-37-41(46(43,44)45)36-39(42(40)35-38)32-30-28-26-24-22-20-18-16-14-12-10-8-6-4-2/h33-37H,3-32H2,1-2H3,(H,43,44,45). The SMILES string of the molecule is CCCCCCCCCCCCCCCCc1ccc2cc(S(=O)(=O)O)cc(CCCCCCCCCCCCCCCC)c2c1. The van der Waals surface area contributed by atoms with Gasteiger partial charge in [0, 0.05) is 0 Å². The smallest absolute Gasteiger partial charge is 0.282 e. The molecule has 46 heavy (non-hydrogen) atoms. The minimum Gasteiger partial charge on any atom is -0.282 e. The summed E-state index contributed by atoms with van der Waals surface area (Å²) < 4.78 is 33.8. The second-order valence-corrected chi connectivity index (χ2v) is 15.7. The fourth-order valence-electron chi connectivity index (χ4n) is 7.00. The van der Waals surface area contributed by atoms with Crippen LogP contribution in [0.25, 0.3) is 10.8 Å². The molecule has 0 saturated carbocycles. The second-order valence-electron chi connectivity index (χ2n) is 14.3. The highest BCUT2D eigenvalue weighted by Crippen LogP contribution is 2.28. The van der Waals surface area contributed by atoms with Crippen LogP contribution in [-0.4, -0.2) is 13.0 Å². The lowest BCUT2D eigenvalue weighted by Gasteiger charge is -2.12. The summed E-state index contributed by atoms with van der Waals surface area (Å²) >= 11 is 0. The summed E-state index contributed by atoms with van der Waals surface area (Å²) in [4.78, 5) is 0.0279. The summed E-state index contributed by atoms with van der Waals surface area (Å²) in [7, 11) is -4.22. The molecule has 0 heterocycles. The number of hydrogen-bond acceptors (Lipinski definition) is 2. The largest absolute Gasteiger partial charge is 0.294 e. The van der Waals surface area contributed by atoms with Gasteiger partial charge in [-0.2, -0.15) is 8.42 Å². The molecule has 2 aromatic rings. The van der Waals surface area contributed by atoms with Gasteiger partial charge in [-0.3, -0.25) is 4.55 Å². The van der Waals surface area contributed by atoms with Gasteiger partial charge in [0.05, 0.1) is 4.90 Å². The lowest BCUT2D eigenvalue weighted by atomic mass is 9.95. The Morgan fingerprint density at radius 3 is 1.22 bits per heavy atom. The Kier molecular flexibility index (Phi) is 23.5. The first-order chi connectivity index (χ1) is 22.5. The molecule has 0 fully saturated rings. The Labute approximate surface area is 285 Å². The molecule has 0 bridgehead atoms. The van der Waals surface area contributed by atoms with Crippen LogP contribution in [0, 0.1) is 0 Å². The average Bonchev–Trinajstić information content (AvgIpc) is 3.04. The monoisotopic (exact) mass is 657 g/mol. The summed E-state index contributed by atoms with van der Waals surface area (Å²) in [5.74, 6) is 0. The molecule has 4 heteroatoms. The van der Waals surface area contributed by atoms with Gasteiger partial charge in [0.25, 0.3) is 10.1 Å². The number of fused-ring (bicyclic) bond motifs is 1. The third-order valence-electron chi connectivity index (χ3n) is 9.99. The van der Waals surface area contributed by atoms with Crippen molar-refractivity contribution >= 4 is 20.9 Å². The first kappa shape index (κ1) is 40.8. The number of rotatable bonds is 31. The van der Waals surface area contributed by atoms with Gasteiger partial charge in [0.15, 0.2) is 0 Å². The average molecular weight is 657 g/mol. The van der Waals surface area contributed by atoms with E-state index in [0.29, 0.717) is 0 Å². The Morgan fingerprint density at radius 2 is 0.826 bits per heavy atom. The zero-order valence-corrected chi connectivity index (χ0v) is 31.1. The lowest BCUT2D eigenvalue weighted by molar-refractivity contribution is 0.483. The third kappa shape index (κ3) is 19.4.